The van der Waals surface area contributed by atoms with Crippen molar-refractivity contribution in [3.05, 3.63) is 59.2 Å². The smallest absolute Gasteiger partial charge is 0.343 e. The Bertz CT molecular complexity index is 1730. The molecule has 2 heterocycles. The molecule has 4 aromatic rings. The van der Waals surface area contributed by atoms with Crippen LogP contribution in [0.4, 0.5) is 0 Å². The minimum atomic E-state index is -0.720. The highest BCUT2D eigenvalue weighted by Gasteiger charge is 2.34. The highest BCUT2D eigenvalue weighted by atomic mass is 16.7. The Morgan fingerprint density at radius 2 is 1.31 bits per heavy atom. The topological polar surface area (TPSA) is 117 Å². The molecule has 0 spiro atoms. The van der Waals surface area contributed by atoms with Crippen molar-refractivity contribution in [1.82, 2.24) is 0 Å². The first-order valence-corrected chi connectivity index (χ1v) is 12.8. The van der Waals surface area contributed by atoms with E-state index in [1.165, 1.54) is 47.7 Å². The van der Waals surface area contributed by atoms with Gasteiger partial charge in [-0.2, -0.15) is 0 Å². The molecule has 0 N–H and O–H groups in total. The van der Waals surface area contributed by atoms with Crippen LogP contribution in [0.15, 0.2) is 42.5 Å². The zero-order valence-corrected chi connectivity index (χ0v) is 23.4. The molecule has 0 atom stereocenters. The number of fused-ring (bicyclic) bond motifs is 3. The summed E-state index contributed by atoms with van der Waals surface area (Å²) in [5, 5.41) is 1.06. The summed E-state index contributed by atoms with van der Waals surface area (Å²) < 4.78 is 50.0. The van der Waals surface area contributed by atoms with Crippen LogP contribution < -0.4 is 37.9 Å². The number of hydrogen-bond donors (Lipinski definition) is 0. The van der Waals surface area contributed by atoms with Gasteiger partial charge in [0.15, 0.2) is 34.5 Å². The largest absolute Gasteiger partial charge is 0.493 e. The summed E-state index contributed by atoms with van der Waals surface area (Å²) in [6.07, 6.45) is 0. The molecule has 4 aromatic carbocycles. The van der Waals surface area contributed by atoms with Gasteiger partial charge in [-0.15, -0.1) is 0 Å². The monoisotopic (exact) mass is 574 g/mol. The lowest BCUT2D eigenvalue weighted by Gasteiger charge is -2.19. The Kier molecular flexibility index (Phi) is 6.77. The summed E-state index contributed by atoms with van der Waals surface area (Å²) in [5.74, 6) is 1.71. The molecule has 0 fully saturated rings. The van der Waals surface area contributed by atoms with Crippen LogP contribution in [-0.2, 0) is 11.3 Å². The predicted octanol–water partition coefficient (Wildman–Crippen LogP) is 5.17. The number of hydrogen-bond acceptors (Lipinski definition) is 11. The lowest BCUT2D eigenvalue weighted by Crippen LogP contribution is -2.12. The summed E-state index contributed by atoms with van der Waals surface area (Å²) in [7, 11) is 7.38. The van der Waals surface area contributed by atoms with E-state index in [1.54, 1.807) is 24.3 Å². The van der Waals surface area contributed by atoms with Crippen LogP contribution in [0.1, 0.15) is 26.3 Å². The van der Waals surface area contributed by atoms with Crippen LogP contribution in [0, 0.1) is 0 Å². The molecular formula is C31H26O11. The Morgan fingerprint density at radius 3 is 1.95 bits per heavy atom. The molecule has 0 saturated heterocycles. The van der Waals surface area contributed by atoms with Crippen molar-refractivity contribution < 1.29 is 52.2 Å². The third kappa shape index (κ3) is 4.21. The molecule has 0 unspecified atom stereocenters. The number of esters is 2. The minimum Gasteiger partial charge on any atom is -0.493 e. The molecule has 2 aliphatic rings. The molecule has 11 heteroatoms. The van der Waals surface area contributed by atoms with Gasteiger partial charge in [-0.3, -0.25) is 0 Å². The van der Waals surface area contributed by atoms with Crippen molar-refractivity contribution in [2.24, 2.45) is 0 Å². The van der Waals surface area contributed by atoms with Gasteiger partial charge in [-0.25, -0.2) is 9.59 Å². The summed E-state index contributed by atoms with van der Waals surface area (Å²) in [6.45, 7) is -0.00556. The first-order valence-electron chi connectivity index (χ1n) is 12.8. The van der Waals surface area contributed by atoms with E-state index in [1.807, 2.05) is 6.07 Å². The zero-order valence-electron chi connectivity index (χ0n) is 23.4. The SMILES string of the molecule is COc1cc2c(OC(=O)c3cc(OC)c(OC)c(OC)c3)c3c(c(-c4ccc5c(c4)OCO5)c2cc1OC)C(=O)OC3. The summed E-state index contributed by atoms with van der Waals surface area (Å²) in [4.78, 5) is 26.9. The number of carbonyl (C=O) groups is 2. The van der Waals surface area contributed by atoms with Crippen LogP contribution in [0.5, 0.6) is 46.0 Å². The molecular weight excluding hydrogens is 548 g/mol. The second-order valence-electron chi connectivity index (χ2n) is 9.26. The van der Waals surface area contributed by atoms with Gasteiger partial charge >= 0.3 is 11.9 Å². The highest BCUT2D eigenvalue weighted by Crippen LogP contribution is 2.49. The molecule has 0 aliphatic carbocycles. The normalized spacial score (nSPS) is 12.9. The Balaban J connectivity index is 1.59. The summed E-state index contributed by atoms with van der Waals surface area (Å²) >= 11 is 0. The molecule has 6 rings (SSSR count). The van der Waals surface area contributed by atoms with Crippen LogP contribution in [0.3, 0.4) is 0 Å². The Morgan fingerprint density at radius 1 is 0.667 bits per heavy atom. The second kappa shape index (κ2) is 10.6. The number of ether oxygens (including phenoxy) is 9. The van der Waals surface area contributed by atoms with E-state index >= 15 is 0 Å². The van der Waals surface area contributed by atoms with Crippen LogP contribution >= 0.6 is 0 Å². The summed E-state index contributed by atoms with van der Waals surface area (Å²) in [6, 6.07) is 11.8. The van der Waals surface area contributed by atoms with Crippen LogP contribution in [-0.4, -0.2) is 54.3 Å². The Labute approximate surface area is 240 Å². The maximum atomic E-state index is 13.6. The zero-order chi connectivity index (χ0) is 29.5. The quantitative estimate of drug-likeness (QED) is 0.205. The third-order valence-corrected chi connectivity index (χ3v) is 7.17. The maximum Gasteiger partial charge on any atom is 0.343 e. The molecule has 0 saturated carbocycles. The van der Waals surface area contributed by atoms with Crippen LogP contribution in [0.25, 0.3) is 21.9 Å². The Hall–Kier alpha value is -5.32. The molecule has 42 heavy (non-hydrogen) atoms. The number of cyclic esters (lactones) is 1. The minimum absolute atomic E-state index is 0.0977. The fraction of sp³-hybridized carbons (Fsp3) is 0.226. The van der Waals surface area contributed by atoms with Gasteiger partial charge in [-0.1, -0.05) is 6.07 Å². The van der Waals surface area contributed by atoms with E-state index in [0.29, 0.717) is 56.2 Å². The van der Waals surface area contributed by atoms with Crippen molar-refractivity contribution in [2.75, 3.05) is 42.3 Å². The highest BCUT2D eigenvalue weighted by molar-refractivity contribution is 6.14. The van der Waals surface area contributed by atoms with Gasteiger partial charge in [0.2, 0.25) is 12.5 Å². The first-order chi connectivity index (χ1) is 20.4. The lowest BCUT2D eigenvalue weighted by molar-refractivity contribution is 0.0534. The molecule has 0 aromatic heterocycles. The van der Waals surface area contributed by atoms with Crippen molar-refractivity contribution in [1.29, 1.82) is 0 Å². The van der Waals surface area contributed by atoms with E-state index in [0.717, 1.165) is 0 Å². The van der Waals surface area contributed by atoms with E-state index in [4.69, 9.17) is 42.6 Å². The maximum absolute atomic E-state index is 13.6. The fourth-order valence-corrected chi connectivity index (χ4v) is 5.23. The first kappa shape index (κ1) is 26.9. The van der Waals surface area contributed by atoms with Gasteiger partial charge in [0.25, 0.3) is 0 Å². The van der Waals surface area contributed by atoms with Gasteiger partial charge in [0.05, 0.1) is 46.7 Å². The van der Waals surface area contributed by atoms with E-state index in [2.05, 4.69) is 0 Å². The molecule has 0 bridgehead atoms. The third-order valence-electron chi connectivity index (χ3n) is 7.17. The second-order valence-corrected chi connectivity index (χ2v) is 9.26. The van der Waals surface area contributed by atoms with Crippen molar-refractivity contribution in [3.8, 4) is 57.1 Å². The fourth-order valence-electron chi connectivity index (χ4n) is 5.23. The van der Waals surface area contributed by atoms with Gasteiger partial charge in [0.1, 0.15) is 12.4 Å². The van der Waals surface area contributed by atoms with E-state index in [9.17, 15) is 9.59 Å². The van der Waals surface area contributed by atoms with E-state index < -0.39 is 11.9 Å². The average Bonchev–Trinajstić information content (AvgIpc) is 3.65. The van der Waals surface area contributed by atoms with Gasteiger partial charge < -0.3 is 42.6 Å². The molecule has 0 radical (unpaired) electrons. The predicted molar refractivity (Wildman–Crippen MR) is 149 cm³/mol. The molecule has 0 amide bonds. The van der Waals surface area contributed by atoms with Crippen molar-refractivity contribution >= 4 is 22.7 Å². The molecule has 11 nitrogen and oxygen atoms in total. The lowest BCUT2D eigenvalue weighted by atomic mass is 9.89. The number of benzene rings is 4. The van der Waals surface area contributed by atoms with Gasteiger partial charge in [-0.05, 0) is 47.3 Å². The number of methoxy groups -OCH3 is 5. The van der Waals surface area contributed by atoms with Crippen molar-refractivity contribution in [3.63, 3.8) is 0 Å². The molecule has 216 valence electrons. The average molecular weight is 575 g/mol. The standard InChI is InChI=1S/C31H26O11/c1-34-21-11-17-18(12-22(21)35-2)28(42-30(32)16-9-24(36-3)29(38-5)25(10-16)37-4)19-13-39-31(33)27(19)26(17)15-6-7-20-23(8-15)41-14-40-20/h6-12H,13-14H2,1-5H3. The van der Waals surface area contributed by atoms with Crippen molar-refractivity contribution in [2.45, 2.75) is 6.61 Å². The van der Waals surface area contributed by atoms with E-state index in [-0.39, 0.29) is 41.8 Å². The summed E-state index contributed by atoms with van der Waals surface area (Å²) in [5.41, 5.74) is 2.05. The van der Waals surface area contributed by atoms with Crippen LogP contribution in [0.2, 0.25) is 0 Å². The number of rotatable bonds is 8. The number of carbonyl (C=O) groups excluding carboxylic acids is 2. The van der Waals surface area contributed by atoms with Gasteiger partial charge in [0, 0.05) is 16.5 Å². The molecule has 2 aliphatic heterocycles.